The van der Waals surface area contributed by atoms with Gasteiger partial charge in [-0.3, -0.25) is 0 Å². The van der Waals surface area contributed by atoms with Crippen molar-refractivity contribution in [3.63, 3.8) is 0 Å². The maximum Gasteiger partial charge on any atom is 0.339 e. The summed E-state index contributed by atoms with van der Waals surface area (Å²) < 4.78 is 5.66. The number of phenols is 1. The van der Waals surface area contributed by atoms with Crippen molar-refractivity contribution in [3.8, 4) is 11.5 Å². The number of hydrogen-bond acceptors (Lipinski definition) is 5. The molecule has 0 amide bonds. The lowest BCUT2D eigenvalue weighted by atomic mass is 10.2. The highest BCUT2D eigenvalue weighted by molar-refractivity contribution is 5.90. The van der Waals surface area contributed by atoms with Gasteiger partial charge in [0.15, 0.2) is 0 Å². The minimum Gasteiger partial charge on any atom is -0.507 e. The molecular formula is C21H26N2O5. The van der Waals surface area contributed by atoms with Crippen LogP contribution in [-0.2, 0) is 0 Å². The summed E-state index contributed by atoms with van der Waals surface area (Å²) in [5.41, 5.74) is 0.977. The first-order valence-electron chi connectivity index (χ1n) is 9.00. The number of ether oxygens (including phenoxy) is 1. The van der Waals surface area contributed by atoms with Crippen molar-refractivity contribution in [3.05, 3.63) is 60.3 Å². The van der Waals surface area contributed by atoms with E-state index in [0.717, 1.165) is 16.7 Å². The molecule has 0 saturated heterocycles. The van der Waals surface area contributed by atoms with Crippen LogP contribution >= 0.6 is 0 Å². The molecule has 150 valence electrons. The number of carboxylic acids is 1. The molecule has 0 aliphatic heterocycles. The number of aromatic hydroxyl groups is 1. The number of nitrogens with one attached hydrogen (secondary N) is 2. The second-order valence-corrected chi connectivity index (χ2v) is 6.55. The molecule has 1 aromatic heterocycles. The standard InChI is InChI=1S/C14H20N2O2.C7H6O3/c1-10(2)16-8-11(17)9-18-14-5-3-4-13-12(14)6-7-15-13;8-6-4-2-1-3-5(6)7(9)10/h3-7,10-11,15-17H,8-9H2,1-2H3;1-4,8H,(H,9,10). The minimum atomic E-state index is -1.11. The molecule has 1 atom stereocenters. The zero-order valence-corrected chi connectivity index (χ0v) is 15.9. The fourth-order valence-corrected chi connectivity index (χ4v) is 2.45. The second kappa shape index (κ2) is 10.3. The number of fused-ring (bicyclic) bond motifs is 1. The number of hydrogen-bond donors (Lipinski definition) is 5. The Labute approximate surface area is 163 Å². The average Bonchev–Trinajstić information content (AvgIpc) is 3.14. The van der Waals surface area contributed by atoms with Gasteiger partial charge in [-0.25, -0.2) is 4.79 Å². The first-order chi connectivity index (χ1) is 13.4. The van der Waals surface area contributed by atoms with Crippen molar-refractivity contribution in [2.24, 2.45) is 0 Å². The normalized spacial score (nSPS) is 11.7. The van der Waals surface area contributed by atoms with E-state index >= 15 is 0 Å². The van der Waals surface area contributed by atoms with Crippen LogP contribution in [0.5, 0.6) is 11.5 Å². The van der Waals surface area contributed by atoms with E-state index in [1.54, 1.807) is 12.1 Å². The van der Waals surface area contributed by atoms with Gasteiger partial charge in [-0.15, -0.1) is 0 Å². The van der Waals surface area contributed by atoms with Gasteiger partial charge in [0.1, 0.15) is 29.8 Å². The summed E-state index contributed by atoms with van der Waals surface area (Å²) in [6.07, 6.45) is 1.38. The van der Waals surface area contributed by atoms with Crippen molar-refractivity contribution >= 4 is 16.9 Å². The quantitative estimate of drug-likeness (QED) is 0.426. The van der Waals surface area contributed by atoms with Crippen LogP contribution < -0.4 is 10.1 Å². The van der Waals surface area contributed by atoms with Crippen molar-refractivity contribution < 1.29 is 24.9 Å². The van der Waals surface area contributed by atoms with E-state index in [9.17, 15) is 9.90 Å². The van der Waals surface area contributed by atoms with Crippen LogP contribution in [0.3, 0.4) is 0 Å². The van der Waals surface area contributed by atoms with E-state index in [4.69, 9.17) is 14.9 Å². The molecule has 3 rings (SSSR count). The number of benzene rings is 2. The minimum absolute atomic E-state index is 0.0671. The number of aromatic nitrogens is 1. The van der Waals surface area contributed by atoms with Crippen molar-refractivity contribution in [2.45, 2.75) is 26.0 Å². The third kappa shape index (κ3) is 6.29. The molecule has 3 aromatic rings. The molecule has 0 bridgehead atoms. The smallest absolute Gasteiger partial charge is 0.339 e. The number of aromatic carboxylic acids is 1. The molecule has 7 nitrogen and oxygen atoms in total. The zero-order chi connectivity index (χ0) is 20.5. The fraction of sp³-hybridized carbons (Fsp3) is 0.286. The van der Waals surface area contributed by atoms with Crippen LogP contribution in [0.15, 0.2) is 54.7 Å². The molecule has 1 heterocycles. The molecule has 0 aliphatic carbocycles. The Morgan fingerprint density at radius 1 is 1.14 bits per heavy atom. The van der Waals surface area contributed by atoms with Gasteiger partial charge in [0.2, 0.25) is 0 Å². The van der Waals surface area contributed by atoms with Crippen LogP contribution in [-0.4, -0.2) is 51.6 Å². The SMILES string of the molecule is CC(C)NCC(O)COc1cccc2[nH]ccc12.O=C(O)c1ccccc1O. The number of H-pyrrole nitrogens is 1. The number of para-hydroxylation sites is 1. The Morgan fingerprint density at radius 3 is 2.54 bits per heavy atom. The summed E-state index contributed by atoms with van der Waals surface area (Å²) >= 11 is 0. The maximum atomic E-state index is 10.3. The summed E-state index contributed by atoms with van der Waals surface area (Å²) in [5, 5.41) is 31.3. The molecule has 0 spiro atoms. The Kier molecular flexibility index (Phi) is 7.86. The van der Waals surface area contributed by atoms with E-state index in [1.165, 1.54) is 12.1 Å². The van der Waals surface area contributed by atoms with Gasteiger partial charge >= 0.3 is 5.97 Å². The van der Waals surface area contributed by atoms with E-state index in [1.807, 2.05) is 44.3 Å². The van der Waals surface area contributed by atoms with Crippen molar-refractivity contribution in [2.75, 3.05) is 13.2 Å². The lowest BCUT2D eigenvalue weighted by Gasteiger charge is -2.15. The number of aliphatic hydroxyl groups is 1. The number of aromatic amines is 1. The molecule has 0 saturated carbocycles. The van der Waals surface area contributed by atoms with Gasteiger partial charge in [0.05, 0.1) is 0 Å². The van der Waals surface area contributed by atoms with Crippen LogP contribution in [0.1, 0.15) is 24.2 Å². The van der Waals surface area contributed by atoms with Crippen LogP contribution in [0.25, 0.3) is 10.9 Å². The molecule has 0 fully saturated rings. The zero-order valence-electron chi connectivity index (χ0n) is 15.9. The first-order valence-corrected chi connectivity index (χ1v) is 9.00. The summed E-state index contributed by atoms with van der Waals surface area (Å²) in [6, 6.07) is 14.0. The molecular weight excluding hydrogens is 360 g/mol. The van der Waals surface area contributed by atoms with Crippen molar-refractivity contribution in [1.29, 1.82) is 0 Å². The molecule has 0 radical (unpaired) electrons. The monoisotopic (exact) mass is 386 g/mol. The average molecular weight is 386 g/mol. The summed E-state index contributed by atoms with van der Waals surface area (Å²) in [7, 11) is 0. The number of rotatable bonds is 7. The third-order valence-corrected chi connectivity index (χ3v) is 3.88. The van der Waals surface area contributed by atoms with Crippen LogP contribution in [0, 0.1) is 0 Å². The van der Waals surface area contributed by atoms with E-state index in [2.05, 4.69) is 10.3 Å². The highest BCUT2D eigenvalue weighted by atomic mass is 16.5. The van der Waals surface area contributed by atoms with Gasteiger partial charge in [-0.2, -0.15) is 0 Å². The molecule has 5 N–H and O–H groups in total. The van der Waals surface area contributed by atoms with Gasteiger partial charge in [0.25, 0.3) is 0 Å². The number of carboxylic acid groups (broad SMARTS) is 1. The Morgan fingerprint density at radius 2 is 1.89 bits per heavy atom. The third-order valence-electron chi connectivity index (χ3n) is 3.88. The highest BCUT2D eigenvalue weighted by Gasteiger charge is 2.08. The number of carbonyl (C=O) groups is 1. The Hall–Kier alpha value is -3.03. The van der Waals surface area contributed by atoms with Gasteiger partial charge < -0.3 is 30.4 Å². The van der Waals surface area contributed by atoms with Gasteiger partial charge in [-0.1, -0.05) is 32.0 Å². The van der Waals surface area contributed by atoms with E-state index in [0.29, 0.717) is 19.2 Å². The molecule has 7 heteroatoms. The predicted octanol–water partition coefficient (Wildman–Crippen LogP) is 3.00. The van der Waals surface area contributed by atoms with Gasteiger partial charge in [-0.05, 0) is 30.3 Å². The fourth-order valence-electron chi connectivity index (χ4n) is 2.45. The summed E-state index contributed by atoms with van der Waals surface area (Å²) in [4.78, 5) is 13.4. The lowest BCUT2D eigenvalue weighted by molar-refractivity contribution is 0.0693. The molecule has 28 heavy (non-hydrogen) atoms. The second-order valence-electron chi connectivity index (χ2n) is 6.55. The molecule has 1 unspecified atom stereocenters. The topological polar surface area (TPSA) is 115 Å². The van der Waals surface area contributed by atoms with Gasteiger partial charge in [0, 0.05) is 29.7 Å². The lowest BCUT2D eigenvalue weighted by Crippen LogP contribution is -2.35. The molecule has 0 aliphatic rings. The summed E-state index contributed by atoms with van der Waals surface area (Å²) in [5.74, 6) is -0.509. The van der Waals surface area contributed by atoms with Crippen LogP contribution in [0.2, 0.25) is 0 Å². The first kappa shape index (κ1) is 21.3. The Bertz CT molecular complexity index is 891. The van der Waals surface area contributed by atoms with E-state index < -0.39 is 12.1 Å². The Balaban J connectivity index is 0.000000237. The van der Waals surface area contributed by atoms with E-state index in [-0.39, 0.29) is 11.3 Å². The summed E-state index contributed by atoms with van der Waals surface area (Å²) in [6.45, 7) is 4.94. The largest absolute Gasteiger partial charge is 0.507 e. The highest BCUT2D eigenvalue weighted by Crippen LogP contribution is 2.24. The molecule has 2 aromatic carbocycles. The van der Waals surface area contributed by atoms with Crippen LogP contribution in [0.4, 0.5) is 0 Å². The van der Waals surface area contributed by atoms with Crippen molar-refractivity contribution in [1.82, 2.24) is 10.3 Å². The maximum absolute atomic E-state index is 10.3. The number of aliphatic hydroxyl groups excluding tert-OH is 1. The predicted molar refractivity (Wildman–Crippen MR) is 108 cm³/mol.